The van der Waals surface area contributed by atoms with Crippen LogP contribution >= 0.6 is 0 Å². The molecule has 1 aliphatic carbocycles. The van der Waals surface area contributed by atoms with Crippen molar-refractivity contribution in [3.8, 4) is 5.75 Å². The van der Waals surface area contributed by atoms with E-state index in [0.717, 1.165) is 25.0 Å². The maximum Gasteiger partial charge on any atom is 0.275 e. The van der Waals surface area contributed by atoms with Gasteiger partial charge in [-0.05, 0) is 37.0 Å². The van der Waals surface area contributed by atoms with Crippen LogP contribution in [-0.4, -0.2) is 16.7 Å². The number of aromatic hydroxyl groups is 1. The van der Waals surface area contributed by atoms with Gasteiger partial charge in [0.05, 0.1) is 5.56 Å². The minimum absolute atomic E-state index is 0.0338. The Morgan fingerprint density at radius 2 is 1.78 bits per heavy atom. The third kappa shape index (κ3) is 3.59. The van der Waals surface area contributed by atoms with Gasteiger partial charge in [-0.2, -0.15) is 5.10 Å². The van der Waals surface area contributed by atoms with Crippen molar-refractivity contribution in [1.29, 1.82) is 0 Å². The normalized spacial score (nSPS) is 19.5. The van der Waals surface area contributed by atoms with E-state index in [1.165, 1.54) is 18.1 Å². The molecule has 0 spiro atoms. The molecule has 1 saturated carbocycles. The van der Waals surface area contributed by atoms with Gasteiger partial charge in [0.25, 0.3) is 5.91 Å². The second-order valence-corrected chi connectivity index (χ2v) is 5.77. The van der Waals surface area contributed by atoms with Gasteiger partial charge in [0.1, 0.15) is 5.75 Å². The van der Waals surface area contributed by atoms with Crippen molar-refractivity contribution < 1.29 is 9.90 Å². The summed E-state index contributed by atoms with van der Waals surface area (Å²) in [5.41, 5.74) is 5.08. The standard InChI is InChI=1S/C19H20N2O2/c22-18-13-7-5-11-16(18)19(23)21-20-17-12-6-4-10-15(17)14-8-2-1-3-9-14/h1-3,5,7-9,11,13,15,22H,4,6,10,12H2,(H,21,23)/b20-17-/t15-/m0/s1. The molecular weight excluding hydrogens is 288 g/mol. The van der Waals surface area contributed by atoms with Crippen LogP contribution in [0.1, 0.15) is 47.5 Å². The van der Waals surface area contributed by atoms with Gasteiger partial charge in [-0.15, -0.1) is 0 Å². The Balaban J connectivity index is 1.77. The molecule has 0 unspecified atom stereocenters. The second kappa shape index (κ2) is 7.09. The van der Waals surface area contributed by atoms with Gasteiger partial charge in [-0.1, -0.05) is 48.9 Å². The Bertz CT molecular complexity index is 710. The minimum Gasteiger partial charge on any atom is -0.507 e. The SMILES string of the molecule is O=C(N/N=C1/CCCC[C@H]1c1ccccc1)c1ccccc1O. The number of hydrazone groups is 1. The molecule has 0 radical (unpaired) electrons. The predicted molar refractivity (Wildman–Crippen MR) is 90.7 cm³/mol. The van der Waals surface area contributed by atoms with Gasteiger partial charge in [0.2, 0.25) is 0 Å². The van der Waals surface area contributed by atoms with Crippen LogP contribution in [-0.2, 0) is 0 Å². The van der Waals surface area contributed by atoms with Gasteiger partial charge >= 0.3 is 0 Å². The fourth-order valence-electron chi connectivity index (χ4n) is 3.02. The molecule has 1 atom stereocenters. The van der Waals surface area contributed by atoms with E-state index in [4.69, 9.17) is 0 Å². The molecule has 3 rings (SSSR count). The Kier molecular flexibility index (Phi) is 4.71. The summed E-state index contributed by atoms with van der Waals surface area (Å²) in [4.78, 5) is 12.2. The zero-order chi connectivity index (χ0) is 16.1. The van der Waals surface area contributed by atoms with Crippen LogP contribution in [0, 0.1) is 0 Å². The summed E-state index contributed by atoms with van der Waals surface area (Å²) in [6.07, 6.45) is 4.20. The molecule has 1 amide bonds. The average molecular weight is 308 g/mol. The van der Waals surface area contributed by atoms with Crippen molar-refractivity contribution >= 4 is 11.6 Å². The highest BCUT2D eigenvalue weighted by molar-refractivity contribution is 5.98. The number of amides is 1. The number of benzene rings is 2. The Morgan fingerprint density at radius 1 is 1.04 bits per heavy atom. The van der Waals surface area contributed by atoms with E-state index in [0.29, 0.717) is 0 Å². The van der Waals surface area contributed by atoms with E-state index >= 15 is 0 Å². The summed E-state index contributed by atoms with van der Waals surface area (Å²) < 4.78 is 0. The van der Waals surface area contributed by atoms with E-state index in [-0.39, 0.29) is 23.1 Å². The molecule has 0 bridgehead atoms. The lowest BCUT2D eigenvalue weighted by Gasteiger charge is -2.24. The molecule has 2 N–H and O–H groups in total. The summed E-state index contributed by atoms with van der Waals surface area (Å²) in [7, 11) is 0. The lowest BCUT2D eigenvalue weighted by Crippen LogP contribution is -2.24. The molecule has 23 heavy (non-hydrogen) atoms. The maximum absolute atomic E-state index is 12.2. The van der Waals surface area contributed by atoms with Crippen LogP contribution in [0.15, 0.2) is 59.7 Å². The molecule has 0 heterocycles. The third-order valence-corrected chi connectivity index (χ3v) is 4.23. The van der Waals surface area contributed by atoms with Gasteiger partial charge in [-0.25, -0.2) is 5.43 Å². The molecular formula is C19H20N2O2. The summed E-state index contributed by atoms with van der Waals surface area (Å²) in [5, 5.41) is 14.1. The van der Waals surface area contributed by atoms with Gasteiger partial charge < -0.3 is 5.11 Å². The number of carbonyl (C=O) groups is 1. The first-order valence-corrected chi connectivity index (χ1v) is 7.95. The first kappa shape index (κ1) is 15.3. The summed E-state index contributed by atoms with van der Waals surface area (Å²) in [6, 6.07) is 16.8. The largest absolute Gasteiger partial charge is 0.507 e. The fraction of sp³-hybridized carbons (Fsp3) is 0.263. The quantitative estimate of drug-likeness (QED) is 0.846. The number of nitrogens with zero attached hydrogens (tertiary/aromatic N) is 1. The van der Waals surface area contributed by atoms with E-state index in [2.05, 4.69) is 22.7 Å². The van der Waals surface area contributed by atoms with Gasteiger partial charge in [-0.3, -0.25) is 4.79 Å². The van der Waals surface area contributed by atoms with Crippen LogP contribution in [0.4, 0.5) is 0 Å². The lowest BCUT2D eigenvalue weighted by molar-refractivity contribution is 0.0952. The lowest BCUT2D eigenvalue weighted by atomic mass is 9.82. The smallest absolute Gasteiger partial charge is 0.275 e. The second-order valence-electron chi connectivity index (χ2n) is 5.77. The van der Waals surface area contributed by atoms with Crippen molar-refractivity contribution in [2.24, 2.45) is 5.10 Å². The predicted octanol–water partition coefficient (Wildman–Crippen LogP) is 3.84. The number of hydrogen-bond donors (Lipinski definition) is 2. The average Bonchev–Trinajstić information content (AvgIpc) is 2.61. The molecule has 4 nitrogen and oxygen atoms in total. The fourth-order valence-corrected chi connectivity index (χ4v) is 3.02. The zero-order valence-electron chi connectivity index (χ0n) is 12.9. The highest BCUT2D eigenvalue weighted by Gasteiger charge is 2.22. The number of nitrogens with one attached hydrogen (secondary N) is 1. The zero-order valence-corrected chi connectivity index (χ0v) is 12.9. The van der Waals surface area contributed by atoms with Crippen molar-refractivity contribution in [2.75, 3.05) is 0 Å². The van der Waals surface area contributed by atoms with E-state index in [1.807, 2.05) is 18.2 Å². The molecule has 4 heteroatoms. The molecule has 118 valence electrons. The van der Waals surface area contributed by atoms with Crippen molar-refractivity contribution in [2.45, 2.75) is 31.6 Å². The number of rotatable bonds is 3. The number of carbonyl (C=O) groups excluding carboxylic acids is 1. The summed E-state index contributed by atoms with van der Waals surface area (Å²) in [6.45, 7) is 0. The van der Waals surface area contributed by atoms with Gasteiger partial charge in [0.15, 0.2) is 0 Å². The maximum atomic E-state index is 12.2. The molecule has 0 saturated heterocycles. The monoisotopic (exact) mass is 308 g/mol. The minimum atomic E-state index is -0.381. The summed E-state index contributed by atoms with van der Waals surface area (Å²) in [5.74, 6) is -0.156. The van der Waals surface area contributed by atoms with Crippen molar-refractivity contribution in [3.05, 3.63) is 65.7 Å². The molecule has 2 aromatic rings. The first-order chi connectivity index (χ1) is 11.3. The molecule has 1 fully saturated rings. The first-order valence-electron chi connectivity index (χ1n) is 7.95. The Hall–Kier alpha value is -2.62. The molecule has 0 aromatic heterocycles. The highest BCUT2D eigenvalue weighted by atomic mass is 16.3. The van der Waals surface area contributed by atoms with Crippen LogP contribution in [0.2, 0.25) is 0 Å². The topological polar surface area (TPSA) is 61.7 Å². The van der Waals surface area contributed by atoms with E-state index in [1.54, 1.807) is 18.2 Å². The summed E-state index contributed by atoms with van der Waals surface area (Å²) >= 11 is 0. The Labute approximate surface area is 135 Å². The highest BCUT2D eigenvalue weighted by Crippen LogP contribution is 2.30. The number of para-hydroxylation sites is 1. The van der Waals surface area contributed by atoms with Crippen molar-refractivity contribution in [1.82, 2.24) is 5.43 Å². The Morgan fingerprint density at radius 3 is 2.57 bits per heavy atom. The van der Waals surface area contributed by atoms with Crippen LogP contribution in [0.25, 0.3) is 0 Å². The molecule has 0 aliphatic heterocycles. The third-order valence-electron chi connectivity index (χ3n) is 4.23. The van der Waals surface area contributed by atoms with Crippen LogP contribution < -0.4 is 5.43 Å². The van der Waals surface area contributed by atoms with Crippen molar-refractivity contribution in [3.63, 3.8) is 0 Å². The number of phenols is 1. The van der Waals surface area contributed by atoms with Gasteiger partial charge in [0, 0.05) is 11.6 Å². The van der Waals surface area contributed by atoms with Crippen LogP contribution in [0.5, 0.6) is 5.75 Å². The molecule has 2 aromatic carbocycles. The number of phenolic OH excluding ortho intramolecular Hbond substituents is 1. The van der Waals surface area contributed by atoms with E-state index in [9.17, 15) is 9.90 Å². The van der Waals surface area contributed by atoms with E-state index < -0.39 is 0 Å². The molecule has 1 aliphatic rings. The van der Waals surface area contributed by atoms with Crippen LogP contribution in [0.3, 0.4) is 0 Å². The number of hydrogen-bond acceptors (Lipinski definition) is 3.